The van der Waals surface area contributed by atoms with Gasteiger partial charge in [-0.15, -0.1) is 23.1 Å². The van der Waals surface area contributed by atoms with Gasteiger partial charge in [0.05, 0.1) is 5.70 Å². The normalized spacial score (nSPS) is 17.9. The number of ether oxygens (including phenoxy) is 2. The molecule has 3 aromatic rings. The molecule has 0 aliphatic carbocycles. The monoisotopic (exact) mass is 693 g/mol. The number of carbonyl (C=O) groups is 3. The molecular weight excluding hydrogens is 659 g/mol. The van der Waals surface area contributed by atoms with E-state index in [0.29, 0.717) is 17.9 Å². The molecule has 2 atom stereocenters. The summed E-state index contributed by atoms with van der Waals surface area (Å²) in [5.41, 5.74) is 8.37. The standard InChI is InChI=1S/C33H35N5O6S3/c1-5-19-17-46-30-25(36-28(40)24(22-18-47-32(34)35-22)37-42-16-23(39)44-33(2,3)4)29(41)38(30)26(19)31(45)43-27(20-12-8-6-9-13-20)21-14-10-7-11-15-21/h6-15,18,25,27,30H,5,16-17H2,1-4H3,(H2,34,35)(H,36,40)/t25?,30-/m1/s1. The molecular formula is C33H35N5O6S3. The van der Waals surface area contributed by atoms with Gasteiger partial charge in [-0.2, -0.15) is 0 Å². The number of aromatic nitrogens is 1. The smallest absolute Gasteiger partial charge is 0.347 e. The Balaban J connectivity index is 1.33. The molecule has 1 saturated heterocycles. The highest BCUT2D eigenvalue weighted by Crippen LogP contribution is 2.42. The van der Waals surface area contributed by atoms with Gasteiger partial charge in [-0.1, -0.05) is 72.7 Å². The van der Waals surface area contributed by atoms with Crippen molar-refractivity contribution in [3.05, 3.63) is 94.1 Å². The molecule has 2 aliphatic heterocycles. The fraction of sp³-hybridized carbons (Fsp3) is 0.333. The first-order chi connectivity index (χ1) is 22.5. The number of thiocarbonyl (C=S) groups is 1. The van der Waals surface area contributed by atoms with E-state index in [0.717, 1.165) is 28.0 Å². The molecule has 47 heavy (non-hydrogen) atoms. The molecule has 11 nitrogen and oxygen atoms in total. The highest BCUT2D eigenvalue weighted by atomic mass is 32.2. The van der Waals surface area contributed by atoms with E-state index >= 15 is 0 Å². The minimum Gasteiger partial charge on any atom is -0.469 e. The summed E-state index contributed by atoms with van der Waals surface area (Å²) in [6.07, 6.45) is 0.179. The highest BCUT2D eigenvalue weighted by molar-refractivity contribution is 8.00. The fourth-order valence-electron chi connectivity index (χ4n) is 5.02. The van der Waals surface area contributed by atoms with E-state index < -0.39 is 41.6 Å². The SMILES string of the molecule is CCC1=C(C(=S)OC(c2ccccc2)c2ccccc2)N2C(=O)C(NC(=O)C(=NOCC(=O)OC(C)(C)C)c3csc(N)n3)[C@H]2SC1. The molecule has 0 bridgehead atoms. The predicted octanol–water partition coefficient (Wildman–Crippen LogP) is 4.99. The number of nitrogens with two attached hydrogens (primary N) is 1. The average Bonchev–Trinajstić information content (AvgIpc) is 3.48. The Morgan fingerprint density at radius 1 is 1.13 bits per heavy atom. The summed E-state index contributed by atoms with van der Waals surface area (Å²) in [5.74, 6) is -1.12. The maximum Gasteiger partial charge on any atom is 0.347 e. The number of nitrogen functional groups attached to an aromatic ring is 1. The number of nitrogens with one attached hydrogen (secondary N) is 1. The minimum absolute atomic E-state index is 0.144. The molecule has 0 radical (unpaired) electrons. The van der Waals surface area contributed by atoms with Gasteiger partial charge < -0.3 is 25.4 Å². The zero-order chi connectivity index (χ0) is 33.7. The Kier molecular flexibility index (Phi) is 10.6. The van der Waals surface area contributed by atoms with E-state index in [9.17, 15) is 14.4 Å². The number of rotatable bonds is 11. The number of thioether (sulfide) groups is 1. The third kappa shape index (κ3) is 8.00. The van der Waals surface area contributed by atoms with E-state index in [1.54, 1.807) is 25.7 Å². The van der Waals surface area contributed by atoms with E-state index in [-0.39, 0.29) is 27.5 Å². The number of esters is 1. The lowest BCUT2D eigenvalue weighted by atomic mass is 10.00. The molecule has 3 heterocycles. The maximum absolute atomic E-state index is 13.7. The van der Waals surface area contributed by atoms with Gasteiger partial charge in [-0.25, -0.2) is 9.78 Å². The first-order valence-electron chi connectivity index (χ1n) is 14.9. The molecule has 5 rings (SSSR count). The molecule has 1 aromatic heterocycles. The Morgan fingerprint density at radius 2 is 1.77 bits per heavy atom. The largest absolute Gasteiger partial charge is 0.469 e. The fourth-order valence-corrected chi connectivity index (χ4v) is 7.36. The van der Waals surface area contributed by atoms with Crippen LogP contribution in [0, 0.1) is 0 Å². The minimum atomic E-state index is -0.880. The first kappa shape index (κ1) is 34.1. The topological polar surface area (TPSA) is 145 Å². The van der Waals surface area contributed by atoms with Crippen LogP contribution in [-0.2, 0) is 28.7 Å². The third-order valence-corrected chi connectivity index (χ3v) is 9.42. The number of anilines is 1. The molecule has 2 aromatic carbocycles. The van der Waals surface area contributed by atoms with Crippen LogP contribution in [0.1, 0.15) is 57.0 Å². The summed E-state index contributed by atoms with van der Waals surface area (Å²) in [5, 5.41) is 8.18. The van der Waals surface area contributed by atoms with E-state index in [2.05, 4.69) is 15.5 Å². The number of amides is 2. The van der Waals surface area contributed by atoms with Crippen LogP contribution in [0.4, 0.5) is 5.13 Å². The molecule has 246 valence electrons. The van der Waals surface area contributed by atoms with Gasteiger partial charge in [0.2, 0.25) is 11.7 Å². The van der Waals surface area contributed by atoms with Crippen LogP contribution < -0.4 is 11.1 Å². The summed E-state index contributed by atoms with van der Waals surface area (Å²) in [4.78, 5) is 50.3. The number of benzene rings is 2. The number of hydrogen-bond donors (Lipinski definition) is 2. The molecule has 0 saturated carbocycles. The van der Waals surface area contributed by atoms with Crippen LogP contribution in [-0.4, -0.2) is 67.8 Å². The van der Waals surface area contributed by atoms with E-state index in [1.807, 2.05) is 67.6 Å². The van der Waals surface area contributed by atoms with Crippen molar-refractivity contribution < 1.29 is 28.7 Å². The number of oxime groups is 1. The van der Waals surface area contributed by atoms with Gasteiger partial charge in [0.25, 0.3) is 11.8 Å². The molecule has 1 fully saturated rings. The van der Waals surface area contributed by atoms with Gasteiger partial charge in [0, 0.05) is 11.1 Å². The van der Waals surface area contributed by atoms with Crippen molar-refractivity contribution >= 4 is 69.0 Å². The second-order valence-corrected chi connectivity index (χ2v) is 14.0. The number of nitrogens with zero attached hydrogens (tertiary/aromatic N) is 3. The maximum atomic E-state index is 13.7. The van der Waals surface area contributed by atoms with Gasteiger partial charge >= 0.3 is 5.97 Å². The van der Waals surface area contributed by atoms with Crippen LogP contribution in [0.5, 0.6) is 0 Å². The van der Waals surface area contributed by atoms with Crippen molar-refractivity contribution in [3.8, 4) is 0 Å². The summed E-state index contributed by atoms with van der Waals surface area (Å²) in [7, 11) is 0. The average molecular weight is 694 g/mol. The number of fused-ring (bicyclic) bond motifs is 1. The molecule has 0 spiro atoms. The van der Waals surface area contributed by atoms with Gasteiger partial charge in [-0.05, 0) is 56.1 Å². The third-order valence-electron chi connectivity index (χ3n) is 7.12. The van der Waals surface area contributed by atoms with Crippen molar-refractivity contribution in [1.29, 1.82) is 0 Å². The van der Waals surface area contributed by atoms with E-state index in [1.165, 1.54) is 17.1 Å². The lowest BCUT2D eigenvalue weighted by molar-refractivity contribution is -0.160. The predicted molar refractivity (Wildman–Crippen MR) is 186 cm³/mol. The van der Waals surface area contributed by atoms with Crippen LogP contribution >= 0.6 is 35.3 Å². The van der Waals surface area contributed by atoms with Crippen molar-refractivity contribution in [3.63, 3.8) is 0 Å². The summed E-state index contributed by atoms with van der Waals surface area (Å²) >= 11 is 8.51. The zero-order valence-corrected chi connectivity index (χ0v) is 28.7. The molecule has 2 amide bonds. The van der Waals surface area contributed by atoms with Crippen LogP contribution in [0.3, 0.4) is 0 Å². The second-order valence-electron chi connectivity index (χ2n) is 11.6. The summed E-state index contributed by atoms with van der Waals surface area (Å²) < 4.78 is 11.7. The highest BCUT2D eigenvalue weighted by Gasteiger charge is 2.54. The van der Waals surface area contributed by atoms with Crippen molar-refractivity contribution in [1.82, 2.24) is 15.2 Å². The van der Waals surface area contributed by atoms with Crippen LogP contribution in [0.2, 0.25) is 0 Å². The Labute approximate surface area is 286 Å². The first-order valence-corrected chi connectivity index (χ1v) is 17.2. The molecule has 1 unspecified atom stereocenters. The molecule has 3 N–H and O–H groups in total. The Morgan fingerprint density at radius 3 is 2.32 bits per heavy atom. The Hall–Kier alpha value is -4.27. The number of carbonyl (C=O) groups excluding carboxylic acids is 3. The number of thiazole rings is 1. The van der Waals surface area contributed by atoms with Gasteiger partial charge in [0.15, 0.2) is 10.8 Å². The second kappa shape index (κ2) is 14.7. The van der Waals surface area contributed by atoms with Crippen molar-refractivity contribution in [2.24, 2.45) is 5.16 Å². The summed E-state index contributed by atoms with van der Waals surface area (Å²) in [6.45, 7) is 6.65. The lowest BCUT2D eigenvalue weighted by Crippen LogP contribution is -2.71. The lowest BCUT2D eigenvalue weighted by Gasteiger charge is -2.50. The number of β-lactam (4-membered cyclic amide) rings is 1. The summed E-state index contributed by atoms with van der Waals surface area (Å²) in [6, 6.07) is 18.6. The van der Waals surface area contributed by atoms with Gasteiger partial charge in [0.1, 0.15) is 28.8 Å². The van der Waals surface area contributed by atoms with E-state index in [4.69, 9.17) is 32.3 Å². The van der Waals surface area contributed by atoms with Crippen LogP contribution in [0.15, 0.2) is 82.5 Å². The Bertz CT molecular complexity index is 1660. The van der Waals surface area contributed by atoms with Crippen molar-refractivity contribution in [2.45, 2.75) is 57.2 Å². The zero-order valence-electron chi connectivity index (χ0n) is 26.3. The molecule has 14 heteroatoms. The van der Waals surface area contributed by atoms with Gasteiger partial charge in [-0.3, -0.25) is 14.5 Å². The van der Waals surface area contributed by atoms with Crippen LogP contribution in [0.25, 0.3) is 0 Å². The quantitative estimate of drug-likeness (QED) is 0.0927. The number of hydrogen-bond acceptors (Lipinski definition) is 12. The van der Waals surface area contributed by atoms with Crippen molar-refractivity contribution in [2.75, 3.05) is 18.1 Å². The molecule has 2 aliphatic rings.